The third kappa shape index (κ3) is 5.96. The van der Waals surface area contributed by atoms with Crippen molar-refractivity contribution in [2.45, 2.75) is 84.7 Å². The van der Waals surface area contributed by atoms with E-state index in [1.165, 1.54) is 71.3 Å². The molecular formula is C53H53NO4. The first-order chi connectivity index (χ1) is 28.6. The van der Waals surface area contributed by atoms with Crippen LogP contribution in [0.1, 0.15) is 104 Å². The van der Waals surface area contributed by atoms with Gasteiger partial charge in [0.05, 0.1) is 43.2 Å². The Kier molecular flexibility index (Phi) is 9.63. The van der Waals surface area contributed by atoms with Crippen molar-refractivity contribution in [3.8, 4) is 23.0 Å². The predicted octanol–water partition coefficient (Wildman–Crippen LogP) is 13.2. The highest BCUT2D eigenvalue weighted by atomic mass is 16.5. The van der Waals surface area contributed by atoms with Crippen LogP contribution < -0.4 is 18.9 Å². The fourth-order valence-corrected chi connectivity index (χ4v) is 10.7. The van der Waals surface area contributed by atoms with E-state index in [1.807, 2.05) is 13.8 Å². The van der Waals surface area contributed by atoms with E-state index in [-0.39, 0.29) is 0 Å². The van der Waals surface area contributed by atoms with Gasteiger partial charge >= 0.3 is 0 Å². The van der Waals surface area contributed by atoms with Crippen molar-refractivity contribution >= 4 is 49.2 Å². The van der Waals surface area contributed by atoms with Crippen molar-refractivity contribution in [3.05, 3.63) is 136 Å². The Labute approximate surface area is 342 Å². The van der Waals surface area contributed by atoms with Crippen molar-refractivity contribution in [3.63, 3.8) is 0 Å². The summed E-state index contributed by atoms with van der Waals surface area (Å²) in [6, 6.07) is 34.3. The summed E-state index contributed by atoms with van der Waals surface area (Å²) in [5.74, 6) is 3.96. The molecule has 0 radical (unpaired) electrons. The Bertz CT molecular complexity index is 2750. The fourth-order valence-electron chi connectivity index (χ4n) is 10.7. The van der Waals surface area contributed by atoms with Gasteiger partial charge in [0.2, 0.25) is 0 Å². The molecule has 7 aromatic rings. The van der Waals surface area contributed by atoms with Gasteiger partial charge in [-0.05, 0) is 168 Å². The van der Waals surface area contributed by atoms with Crippen LogP contribution in [0.4, 0.5) is 0 Å². The summed E-state index contributed by atoms with van der Waals surface area (Å²) in [5, 5.41) is 9.74. The number of hydrogen-bond donors (Lipinski definition) is 0. The summed E-state index contributed by atoms with van der Waals surface area (Å²) in [5.41, 5.74) is 10.2. The van der Waals surface area contributed by atoms with Crippen LogP contribution in [-0.2, 0) is 19.4 Å². The summed E-state index contributed by atoms with van der Waals surface area (Å²) in [6.45, 7) is 11.6. The van der Waals surface area contributed by atoms with Gasteiger partial charge in [-0.1, -0.05) is 66.7 Å². The Hall–Kier alpha value is -5.68. The molecule has 0 N–H and O–H groups in total. The van der Waals surface area contributed by atoms with E-state index in [1.54, 1.807) is 0 Å². The Morgan fingerprint density at radius 2 is 1.03 bits per heavy atom. The van der Waals surface area contributed by atoms with Gasteiger partial charge in [0.1, 0.15) is 23.0 Å². The zero-order valence-corrected chi connectivity index (χ0v) is 34.3. The van der Waals surface area contributed by atoms with E-state index in [4.69, 9.17) is 18.9 Å². The standard InChI is InChI=1S/C53H53NO4/c1-5-55-48-22-12-19-42-39-25-24-38-34(16-10-17-35(38)44(39)30-50(52(42)48)57-7-3)36-15-9-14-33-28-29-54(32-46(33)36)47-21-11-18-37-41(47)27-26-40-43-20-13-23-49(56-6-2)53(43)51(58-8-4)31-45(37)40/h9,12-15,19-20,22-31,34,47H,5-8,10-11,16-18,21,32H2,1-4H3. The van der Waals surface area contributed by atoms with Crippen LogP contribution in [0.2, 0.25) is 0 Å². The molecule has 1 aliphatic heterocycles. The first-order valence-electron chi connectivity index (χ1n) is 21.7. The number of benzene rings is 7. The van der Waals surface area contributed by atoms with Crippen molar-refractivity contribution in [1.82, 2.24) is 4.90 Å². The van der Waals surface area contributed by atoms with Gasteiger partial charge in [-0.3, -0.25) is 0 Å². The minimum absolute atomic E-state index is 0.307. The molecule has 0 spiro atoms. The third-order valence-electron chi connectivity index (χ3n) is 13.0. The molecular weight excluding hydrogens is 715 g/mol. The molecule has 0 fully saturated rings. The molecule has 0 saturated carbocycles. The van der Waals surface area contributed by atoms with Crippen molar-refractivity contribution in [2.75, 3.05) is 26.4 Å². The zero-order valence-electron chi connectivity index (χ0n) is 34.3. The van der Waals surface area contributed by atoms with E-state index in [0.717, 1.165) is 78.8 Å². The van der Waals surface area contributed by atoms with E-state index in [2.05, 4.69) is 122 Å². The Morgan fingerprint density at radius 3 is 1.66 bits per heavy atom. The van der Waals surface area contributed by atoms with Gasteiger partial charge in [0, 0.05) is 18.7 Å². The van der Waals surface area contributed by atoms with E-state index in [0.29, 0.717) is 38.4 Å². The maximum absolute atomic E-state index is 6.35. The number of nitrogens with zero attached hydrogens (tertiary/aromatic N) is 1. The second-order valence-corrected chi connectivity index (χ2v) is 16.1. The van der Waals surface area contributed by atoms with E-state index < -0.39 is 0 Å². The van der Waals surface area contributed by atoms with Gasteiger partial charge in [-0.25, -0.2) is 0 Å². The third-order valence-corrected chi connectivity index (χ3v) is 13.0. The molecule has 10 rings (SSSR count). The number of rotatable bonds is 10. The molecule has 58 heavy (non-hydrogen) atoms. The first kappa shape index (κ1) is 36.6. The summed E-state index contributed by atoms with van der Waals surface area (Å²) >= 11 is 0. The van der Waals surface area contributed by atoms with Crippen LogP contribution in [0.5, 0.6) is 23.0 Å². The van der Waals surface area contributed by atoms with Crippen LogP contribution in [0.25, 0.3) is 49.2 Å². The summed E-state index contributed by atoms with van der Waals surface area (Å²) < 4.78 is 24.9. The fraction of sp³-hybridized carbons (Fsp3) is 0.321. The van der Waals surface area contributed by atoms with Gasteiger partial charge < -0.3 is 23.8 Å². The molecule has 0 aromatic heterocycles. The van der Waals surface area contributed by atoms with E-state index in [9.17, 15) is 0 Å². The van der Waals surface area contributed by atoms with Crippen LogP contribution in [0, 0.1) is 0 Å². The minimum Gasteiger partial charge on any atom is -0.493 e. The largest absolute Gasteiger partial charge is 0.493 e. The molecule has 5 heteroatoms. The number of ether oxygens (including phenoxy) is 4. The average Bonchev–Trinajstić information content (AvgIpc) is 3.26. The highest BCUT2D eigenvalue weighted by molar-refractivity contribution is 6.14. The summed E-state index contributed by atoms with van der Waals surface area (Å²) in [4.78, 5) is 2.63. The van der Waals surface area contributed by atoms with Gasteiger partial charge in [-0.15, -0.1) is 0 Å². The van der Waals surface area contributed by atoms with Gasteiger partial charge in [-0.2, -0.15) is 0 Å². The molecule has 7 aromatic carbocycles. The average molecular weight is 768 g/mol. The monoisotopic (exact) mass is 767 g/mol. The highest BCUT2D eigenvalue weighted by Gasteiger charge is 2.32. The molecule has 2 atom stereocenters. The Balaban J connectivity index is 1.04. The maximum atomic E-state index is 6.35. The molecule has 0 amide bonds. The van der Waals surface area contributed by atoms with Gasteiger partial charge in [0.15, 0.2) is 0 Å². The molecule has 3 aliphatic rings. The highest BCUT2D eigenvalue weighted by Crippen LogP contribution is 2.49. The predicted molar refractivity (Wildman–Crippen MR) is 239 cm³/mol. The molecule has 0 bridgehead atoms. The lowest BCUT2D eigenvalue weighted by Crippen LogP contribution is -2.29. The molecule has 0 saturated heterocycles. The first-order valence-corrected chi connectivity index (χ1v) is 21.7. The zero-order chi connectivity index (χ0) is 39.3. The topological polar surface area (TPSA) is 40.2 Å². The molecule has 1 heterocycles. The second-order valence-electron chi connectivity index (χ2n) is 16.1. The van der Waals surface area contributed by atoms with Crippen molar-refractivity contribution in [2.24, 2.45) is 0 Å². The summed E-state index contributed by atoms with van der Waals surface area (Å²) in [7, 11) is 0. The van der Waals surface area contributed by atoms with Crippen molar-refractivity contribution in [1.29, 1.82) is 0 Å². The number of hydrogen-bond acceptors (Lipinski definition) is 5. The van der Waals surface area contributed by atoms with Crippen LogP contribution in [-0.4, -0.2) is 31.3 Å². The lowest BCUT2D eigenvalue weighted by molar-refractivity contribution is 0.243. The van der Waals surface area contributed by atoms with Gasteiger partial charge in [0.25, 0.3) is 0 Å². The van der Waals surface area contributed by atoms with Crippen LogP contribution >= 0.6 is 0 Å². The molecule has 5 nitrogen and oxygen atoms in total. The SMILES string of the molecule is CCOc1cccc2c1c(OCC)cc1c3c(ccc12)C(c1cccc2c1CN(C1CCCc4c1ccc1c4cc(OCC)c4c(OCC)cccc41)C=C2)CCC3. The lowest BCUT2D eigenvalue weighted by atomic mass is 9.74. The normalized spacial score (nSPS) is 17.3. The van der Waals surface area contributed by atoms with Crippen LogP contribution in [0.3, 0.4) is 0 Å². The van der Waals surface area contributed by atoms with Crippen molar-refractivity contribution < 1.29 is 18.9 Å². The maximum Gasteiger partial charge on any atom is 0.131 e. The smallest absolute Gasteiger partial charge is 0.131 e. The molecule has 2 aliphatic carbocycles. The minimum atomic E-state index is 0.307. The Morgan fingerprint density at radius 1 is 0.500 bits per heavy atom. The molecule has 294 valence electrons. The number of aryl methyl sites for hydroxylation is 2. The summed E-state index contributed by atoms with van der Waals surface area (Å²) in [6.07, 6.45) is 11.5. The quantitative estimate of drug-likeness (QED) is 0.130. The van der Waals surface area contributed by atoms with Crippen LogP contribution in [0.15, 0.2) is 97.2 Å². The lowest BCUT2D eigenvalue weighted by Gasteiger charge is -2.39. The number of fused-ring (bicyclic) bond motifs is 11. The van der Waals surface area contributed by atoms with E-state index >= 15 is 0 Å². The molecule has 2 unspecified atom stereocenters. The second kappa shape index (κ2) is 15.2.